The second-order valence-corrected chi connectivity index (χ2v) is 7.81. The number of aliphatic imine (C=N–C) groups is 1. The van der Waals surface area contributed by atoms with Gasteiger partial charge in [-0.25, -0.2) is 14.8 Å². The number of amides is 1. The van der Waals surface area contributed by atoms with E-state index in [1.54, 1.807) is 0 Å². The van der Waals surface area contributed by atoms with Crippen LogP contribution in [-0.2, 0) is 11.3 Å². The first-order valence-corrected chi connectivity index (χ1v) is 9.68. The van der Waals surface area contributed by atoms with Crippen LogP contribution in [0.15, 0.2) is 34.0 Å². The molecule has 0 fully saturated rings. The SMILES string of the molecule is CCNC(=NCc1cn2cc(Br)ccc2n1)NCCNC(=O)OC(C)(C)C. The first-order chi connectivity index (χ1) is 12.8. The second-order valence-electron chi connectivity index (χ2n) is 6.90. The highest BCUT2D eigenvalue weighted by Crippen LogP contribution is 2.12. The molecule has 8 nitrogen and oxygen atoms in total. The predicted octanol–water partition coefficient (Wildman–Crippen LogP) is 2.68. The minimum absolute atomic E-state index is 0.429. The summed E-state index contributed by atoms with van der Waals surface area (Å²) in [5, 5.41) is 9.06. The van der Waals surface area contributed by atoms with Crippen LogP contribution in [-0.4, -0.2) is 46.7 Å². The molecule has 3 N–H and O–H groups in total. The summed E-state index contributed by atoms with van der Waals surface area (Å²) in [7, 11) is 0. The van der Waals surface area contributed by atoms with Crippen molar-refractivity contribution in [1.29, 1.82) is 0 Å². The molecule has 0 aliphatic heterocycles. The maximum Gasteiger partial charge on any atom is 0.407 e. The normalized spacial score (nSPS) is 12.1. The topological polar surface area (TPSA) is 92.0 Å². The third kappa shape index (κ3) is 7.46. The Morgan fingerprint density at radius 2 is 1.96 bits per heavy atom. The molecule has 0 unspecified atom stereocenters. The minimum atomic E-state index is -0.502. The maximum atomic E-state index is 11.6. The number of hydrogen-bond donors (Lipinski definition) is 3. The van der Waals surface area contributed by atoms with Crippen molar-refractivity contribution < 1.29 is 9.53 Å². The number of aromatic nitrogens is 2. The standard InChI is InChI=1S/C18H27BrN6O2/c1-5-20-16(21-8-9-22-17(26)27-18(2,3)4)23-10-14-12-25-11-13(19)6-7-15(25)24-14/h6-7,11-12H,5,8-10H2,1-4H3,(H,22,26)(H2,20,21,23). The summed E-state index contributed by atoms with van der Waals surface area (Å²) in [6.07, 6.45) is 3.49. The summed E-state index contributed by atoms with van der Waals surface area (Å²) >= 11 is 3.45. The van der Waals surface area contributed by atoms with Crippen molar-refractivity contribution >= 4 is 33.6 Å². The third-order valence-corrected chi connectivity index (χ3v) is 3.76. The van der Waals surface area contributed by atoms with Crippen molar-refractivity contribution in [2.24, 2.45) is 4.99 Å². The van der Waals surface area contributed by atoms with E-state index in [4.69, 9.17) is 4.74 Å². The van der Waals surface area contributed by atoms with Crippen molar-refractivity contribution in [2.75, 3.05) is 19.6 Å². The van der Waals surface area contributed by atoms with E-state index in [9.17, 15) is 4.79 Å². The number of carbonyl (C=O) groups is 1. The van der Waals surface area contributed by atoms with Crippen molar-refractivity contribution in [3.63, 3.8) is 0 Å². The molecule has 9 heteroatoms. The molecule has 2 heterocycles. The van der Waals surface area contributed by atoms with Gasteiger partial charge in [-0.05, 0) is 55.8 Å². The fourth-order valence-electron chi connectivity index (χ4n) is 2.25. The molecule has 0 saturated carbocycles. The molecule has 27 heavy (non-hydrogen) atoms. The van der Waals surface area contributed by atoms with Gasteiger partial charge in [0.05, 0.1) is 12.2 Å². The van der Waals surface area contributed by atoms with Crippen LogP contribution in [0, 0.1) is 0 Å². The van der Waals surface area contributed by atoms with Crippen LogP contribution in [0.5, 0.6) is 0 Å². The Labute approximate surface area is 167 Å². The number of halogens is 1. The summed E-state index contributed by atoms with van der Waals surface area (Å²) < 4.78 is 8.15. The molecule has 148 valence electrons. The van der Waals surface area contributed by atoms with E-state index in [1.807, 2.05) is 56.6 Å². The summed E-state index contributed by atoms with van der Waals surface area (Å²) in [6, 6.07) is 3.90. The van der Waals surface area contributed by atoms with Crippen molar-refractivity contribution in [3.05, 3.63) is 34.7 Å². The fourth-order valence-corrected chi connectivity index (χ4v) is 2.61. The van der Waals surface area contributed by atoms with Gasteiger partial charge in [0.1, 0.15) is 11.2 Å². The molecule has 0 aliphatic carbocycles. The van der Waals surface area contributed by atoms with E-state index >= 15 is 0 Å². The smallest absolute Gasteiger partial charge is 0.407 e. The average molecular weight is 439 g/mol. The van der Waals surface area contributed by atoms with E-state index in [1.165, 1.54) is 0 Å². The molecular formula is C18H27BrN6O2. The Bertz CT molecular complexity index is 797. The van der Waals surface area contributed by atoms with Gasteiger partial charge in [0, 0.05) is 36.5 Å². The lowest BCUT2D eigenvalue weighted by Gasteiger charge is -2.19. The summed E-state index contributed by atoms with van der Waals surface area (Å²) in [5.41, 5.74) is 1.25. The molecule has 2 aromatic rings. The molecule has 1 amide bonds. The monoisotopic (exact) mass is 438 g/mol. The van der Waals surface area contributed by atoms with Gasteiger partial charge >= 0.3 is 6.09 Å². The van der Waals surface area contributed by atoms with Gasteiger partial charge in [0.2, 0.25) is 0 Å². The van der Waals surface area contributed by atoms with Crippen LogP contribution in [0.2, 0.25) is 0 Å². The van der Waals surface area contributed by atoms with Crippen molar-refractivity contribution in [3.8, 4) is 0 Å². The number of ether oxygens (including phenoxy) is 1. The number of fused-ring (bicyclic) bond motifs is 1. The molecular weight excluding hydrogens is 412 g/mol. The predicted molar refractivity (Wildman–Crippen MR) is 110 cm³/mol. The van der Waals surface area contributed by atoms with Crippen LogP contribution in [0.3, 0.4) is 0 Å². The molecule has 2 aromatic heterocycles. The highest BCUT2D eigenvalue weighted by atomic mass is 79.9. The fraction of sp³-hybridized carbons (Fsp3) is 0.500. The first-order valence-electron chi connectivity index (χ1n) is 8.89. The van der Waals surface area contributed by atoms with Gasteiger partial charge in [-0.15, -0.1) is 0 Å². The molecule has 0 radical (unpaired) electrons. The number of rotatable bonds is 6. The zero-order chi connectivity index (χ0) is 19.9. The van der Waals surface area contributed by atoms with E-state index in [0.717, 1.165) is 22.4 Å². The number of carbonyl (C=O) groups excluding carboxylic acids is 1. The Morgan fingerprint density at radius 1 is 1.22 bits per heavy atom. The number of nitrogens with one attached hydrogen (secondary N) is 3. The van der Waals surface area contributed by atoms with E-state index in [-0.39, 0.29) is 0 Å². The van der Waals surface area contributed by atoms with Crippen molar-refractivity contribution in [1.82, 2.24) is 25.3 Å². The summed E-state index contributed by atoms with van der Waals surface area (Å²) in [4.78, 5) is 20.7. The van der Waals surface area contributed by atoms with Crippen LogP contribution in [0.1, 0.15) is 33.4 Å². The van der Waals surface area contributed by atoms with Gasteiger partial charge in [-0.3, -0.25) is 0 Å². The van der Waals surface area contributed by atoms with Gasteiger partial charge in [-0.2, -0.15) is 0 Å². The lowest BCUT2D eigenvalue weighted by molar-refractivity contribution is 0.0529. The van der Waals surface area contributed by atoms with Crippen LogP contribution >= 0.6 is 15.9 Å². The number of imidazole rings is 1. The van der Waals surface area contributed by atoms with Crippen molar-refractivity contribution in [2.45, 2.75) is 39.8 Å². The molecule has 2 rings (SSSR count). The molecule has 0 aliphatic rings. The number of guanidine groups is 1. The largest absolute Gasteiger partial charge is 0.444 e. The number of nitrogens with zero attached hydrogens (tertiary/aromatic N) is 3. The van der Waals surface area contributed by atoms with Gasteiger partial charge in [-0.1, -0.05) is 0 Å². The number of hydrogen-bond acceptors (Lipinski definition) is 4. The zero-order valence-corrected chi connectivity index (χ0v) is 17.8. The Balaban J connectivity index is 1.85. The zero-order valence-electron chi connectivity index (χ0n) is 16.2. The summed E-state index contributed by atoms with van der Waals surface area (Å²) in [5.74, 6) is 0.668. The number of alkyl carbamates (subject to hydrolysis) is 1. The molecule has 0 bridgehead atoms. The highest BCUT2D eigenvalue weighted by Gasteiger charge is 2.15. The average Bonchev–Trinajstić information content (AvgIpc) is 2.96. The summed E-state index contributed by atoms with van der Waals surface area (Å²) in [6.45, 7) is 9.65. The molecule has 0 spiro atoms. The second kappa shape index (κ2) is 9.59. The van der Waals surface area contributed by atoms with E-state index < -0.39 is 11.7 Å². The Morgan fingerprint density at radius 3 is 2.67 bits per heavy atom. The quantitative estimate of drug-likeness (QED) is 0.366. The lowest BCUT2D eigenvalue weighted by Crippen LogP contribution is -2.42. The van der Waals surface area contributed by atoms with Gasteiger partial charge in [0.15, 0.2) is 5.96 Å². The molecule has 0 atom stereocenters. The Hall–Kier alpha value is -2.29. The minimum Gasteiger partial charge on any atom is -0.444 e. The number of pyridine rings is 1. The molecule has 0 saturated heterocycles. The maximum absolute atomic E-state index is 11.6. The van der Waals surface area contributed by atoms with Crippen LogP contribution in [0.4, 0.5) is 4.79 Å². The van der Waals surface area contributed by atoms with Gasteiger partial charge in [0.25, 0.3) is 0 Å². The highest BCUT2D eigenvalue weighted by molar-refractivity contribution is 9.10. The molecule has 0 aromatic carbocycles. The van der Waals surface area contributed by atoms with E-state index in [2.05, 4.69) is 41.9 Å². The van der Waals surface area contributed by atoms with E-state index in [0.29, 0.717) is 25.6 Å². The Kier molecular flexibility index (Phi) is 7.46. The lowest BCUT2D eigenvalue weighted by atomic mass is 10.2. The van der Waals surface area contributed by atoms with Crippen LogP contribution < -0.4 is 16.0 Å². The first kappa shape index (κ1) is 21.0. The van der Waals surface area contributed by atoms with Crippen LogP contribution in [0.25, 0.3) is 5.65 Å². The van der Waals surface area contributed by atoms with Gasteiger partial charge < -0.3 is 25.1 Å². The third-order valence-electron chi connectivity index (χ3n) is 3.29.